The quantitative estimate of drug-likeness (QED) is 0.511. The maximum atomic E-state index is 12.0. The van der Waals surface area contributed by atoms with Gasteiger partial charge in [-0.15, -0.1) is 5.10 Å². The van der Waals surface area contributed by atoms with Crippen molar-refractivity contribution in [2.75, 3.05) is 5.32 Å². The van der Waals surface area contributed by atoms with Crippen LogP contribution in [-0.4, -0.2) is 40.6 Å². The zero-order valence-corrected chi connectivity index (χ0v) is 13.6. The monoisotopic (exact) mass is 344 g/mol. The average Bonchev–Trinajstić information content (AvgIpc) is 3.29. The van der Waals surface area contributed by atoms with Gasteiger partial charge in [0.2, 0.25) is 0 Å². The van der Waals surface area contributed by atoms with Crippen molar-refractivity contribution in [3.05, 3.63) is 51.7 Å². The topological polar surface area (TPSA) is 137 Å². The molecule has 0 aliphatic heterocycles. The molecule has 2 N–H and O–H groups in total. The Hall–Kier alpha value is -3.50. The molecule has 0 saturated heterocycles. The van der Waals surface area contributed by atoms with Gasteiger partial charge in [0.15, 0.2) is 5.69 Å². The van der Waals surface area contributed by atoms with Crippen LogP contribution < -0.4 is 5.32 Å². The Morgan fingerprint density at radius 3 is 2.84 bits per heavy atom. The number of hydrogen-bond acceptors (Lipinski definition) is 6. The Labute approximate surface area is 141 Å². The molecule has 3 heterocycles. The molecule has 3 aromatic heterocycles. The van der Waals surface area contributed by atoms with Gasteiger partial charge in [0, 0.05) is 24.0 Å². The van der Waals surface area contributed by atoms with E-state index in [9.17, 15) is 14.9 Å². The maximum Gasteiger partial charge on any atom is 0.343 e. The fourth-order valence-corrected chi connectivity index (χ4v) is 2.36. The van der Waals surface area contributed by atoms with Gasteiger partial charge in [0.1, 0.15) is 0 Å². The Balaban J connectivity index is 1.67. The van der Waals surface area contributed by atoms with Crippen molar-refractivity contribution >= 4 is 17.4 Å². The lowest BCUT2D eigenvalue weighted by molar-refractivity contribution is -0.389. The number of nitrogens with zero attached hydrogens (tertiary/aromatic N) is 6. The van der Waals surface area contributed by atoms with Crippen molar-refractivity contribution in [3.8, 4) is 0 Å². The van der Waals surface area contributed by atoms with Gasteiger partial charge in [-0.25, -0.2) is 0 Å². The fraction of sp³-hybridized carbons (Fsp3) is 0.286. The molecule has 0 unspecified atom stereocenters. The van der Waals surface area contributed by atoms with Crippen LogP contribution in [0.1, 0.15) is 28.7 Å². The summed E-state index contributed by atoms with van der Waals surface area (Å²) in [4.78, 5) is 22.0. The molecule has 0 spiro atoms. The van der Waals surface area contributed by atoms with E-state index < -0.39 is 10.8 Å². The van der Waals surface area contributed by atoms with E-state index >= 15 is 0 Å². The second kappa shape index (κ2) is 6.55. The molecule has 0 aliphatic rings. The van der Waals surface area contributed by atoms with Gasteiger partial charge in [0.05, 0.1) is 30.7 Å². The van der Waals surface area contributed by atoms with Gasteiger partial charge in [-0.1, -0.05) is 5.10 Å². The summed E-state index contributed by atoms with van der Waals surface area (Å²) in [5.41, 5.74) is 2.49. The van der Waals surface area contributed by atoms with Gasteiger partial charge < -0.3 is 15.4 Å². The van der Waals surface area contributed by atoms with E-state index in [0.717, 1.165) is 23.9 Å². The second-order valence-electron chi connectivity index (χ2n) is 5.35. The molecule has 1 amide bonds. The molecule has 0 atom stereocenters. The van der Waals surface area contributed by atoms with Crippen LogP contribution in [0.25, 0.3) is 0 Å². The molecule has 0 aromatic carbocycles. The first kappa shape index (κ1) is 16.4. The summed E-state index contributed by atoms with van der Waals surface area (Å²) in [6, 6.07) is 1.07. The Bertz CT molecular complexity index is 922. The highest BCUT2D eigenvalue weighted by molar-refractivity contribution is 6.02. The zero-order chi connectivity index (χ0) is 18.0. The van der Waals surface area contributed by atoms with Crippen LogP contribution in [0.5, 0.6) is 0 Å². The predicted octanol–water partition coefficient (Wildman–Crippen LogP) is 1.34. The summed E-state index contributed by atoms with van der Waals surface area (Å²) in [5, 5.41) is 27.5. The molecule has 130 valence electrons. The van der Waals surface area contributed by atoms with E-state index in [-0.39, 0.29) is 11.5 Å². The summed E-state index contributed by atoms with van der Waals surface area (Å²) in [6.45, 7) is 5.32. The van der Waals surface area contributed by atoms with E-state index in [1.807, 2.05) is 18.5 Å². The number of aromatic amines is 1. The lowest BCUT2D eigenvalue weighted by atomic mass is 10.2. The fourth-order valence-electron chi connectivity index (χ4n) is 2.36. The molecule has 0 saturated carbocycles. The smallest absolute Gasteiger partial charge is 0.343 e. The van der Waals surface area contributed by atoms with Crippen molar-refractivity contribution < 1.29 is 9.72 Å². The van der Waals surface area contributed by atoms with Gasteiger partial charge in [-0.2, -0.15) is 10.2 Å². The number of aromatic nitrogens is 6. The SMILES string of the molecule is CCn1ncc(Cn2cc(NC(=O)c3cc([N+](=O)[O-])[nH]n3)cn2)c1C. The number of aryl methyl sites for hydroxylation is 1. The molecular weight excluding hydrogens is 328 g/mol. The second-order valence-corrected chi connectivity index (χ2v) is 5.35. The van der Waals surface area contributed by atoms with Crippen LogP contribution >= 0.6 is 0 Å². The van der Waals surface area contributed by atoms with Crippen molar-refractivity contribution in [2.45, 2.75) is 26.9 Å². The van der Waals surface area contributed by atoms with Gasteiger partial charge in [0.25, 0.3) is 5.91 Å². The minimum atomic E-state index is -0.652. The first-order valence-electron chi connectivity index (χ1n) is 7.52. The van der Waals surface area contributed by atoms with Crippen molar-refractivity contribution in [3.63, 3.8) is 0 Å². The third-order valence-corrected chi connectivity index (χ3v) is 3.72. The van der Waals surface area contributed by atoms with Crippen LogP contribution in [-0.2, 0) is 13.1 Å². The van der Waals surface area contributed by atoms with Crippen LogP contribution in [0.3, 0.4) is 0 Å². The lowest BCUT2D eigenvalue weighted by Gasteiger charge is -2.02. The first-order chi connectivity index (χ1) is 12.0. The van der Waals surface area contributed by atoms with Gasteiger partial charge in [-0.05, 0) is 18.8 Å². The average molecular weight is 344 g/mol. The minimum Gasteiger partial charge on any atom is -0.358 e. The number of hydrogen-bond donors (Lipinski definition) is 2. The normalized spacial score (nSPS) is 10.8. The molecule has 0 fully saturated rings. The standard InChI is InChI=1S/C14H16N8O3/c1-3-21-9(2)10(5-16-21)7-20-8-11(6-15-20)17-14(23)12-4-13(19-18-12)22(24)25/h4-6,8H,3,7H2,1-2H3,(H,17,23)(H,18,19). The largest absolute Gasteiger partial charge is 0.358 e. The lowest BCUT2D eigenvalue weighted by Crippen LogP contribution is -2.12. The molecule has 0 aliphatic carbocycles. The van der Waals surface area contributed by atoms with Gasteiger partial charge >= 0.3 is 5.82 Å². The zero-order valence-electron chi connectivity index (χ0n) is 13.6. The Morgan fingerprint density at radius 1 is 1.40 bits per heavy atom. The van der Waals surface area contributed by atoms with E-state index in [1.165, 1.54) is 6.20 Å². The molecule has 3 rings (SSSR count). The van der Waals surface area contributed by atoms with Crippen LogP contribution in [0.2, 0.25) is 0 Å². The van der Waals surface area contributed by atoms with E-state index in [4.69, 9.17) is 0 Å². The van der Waals surface area contributed by atoms with Crippen molar-refractivity contribution in [1.29, 1.82) is 0 Å². The number of nitrogens with one attached hydrogen (secondary N) is 2. The third-order valence-electron chi connectivity index (χ3n) is 3.72. The number of carbonyl (C=O) groups excluding carboxylic acids is 1. The number of carbonyl (C=O) groups is 1. The summed E-state index contributed by atoms with van der Waals surface area (Å²) >= 11 is 0. The van der Waals surface area contributed by atoms with E-state index in [2.05, 4.69) is 25.7 Å². The molecule has 0 bridgehead atoms. The highest BCUT2D eigenvalue weighted by atomic mass is 16.6. The summed E-state index contributed by atoms with van der Waals surface area (Å²) < 4.78 is 3.57. The number of nitro groups is 1. The first-order valence-corrected chi connectivity index (χ1v) is 7.52. The van der Waals surface area contributed by atoms with E-state index in [0.29, 0.717) is 12.2 Å². The number of rotatable bonds is 6. The molecular formula is C14H16N8O3. The highest BCUT2D eigenvalue weighted by Crippen LogP contribution is 2.13. The molecule has 3 aromatic rings. The maximum absolute atomic E-state index is 12.0. The number of H-pyrrole nitrogens is 1. The minimum absolute atomic E-state index is 0.0699. The molecule has 25 heavy (non-hydrogen) atoms. The Kier molecular flexibility index (Phi) is 4.29. The summed E-state index contributed by atoms with van der Waals surface area (Å²) in [6.07, 6.45) is 4.96. The van der Waals surface area contributed by atoms with Crippen LogP contribution in [0.15, 0.2) is 24.7 Å². The Morgan fingerprint density at radius 2 is 2.20 bits per heavy atom. The van der Waals surface area contributed by atoms with Crippen molar-refractivity contribution in [1.82, 2.24) is 29.8 Å². The molecule has 0 radical (unpaired) electrons. The van der Waals surface area contributed by atoms with Crippen LogP contribution in [0.4, 0.5) is 11.5 Å². The summed E-state index contributed by atoms with van der Waals surface area (Å²) in [7, 11) is 0. The third kappa shape index (κ3) is 3.39. The van der Waals surface area contributed by atoms with E-state index in [1.54, 1.807) is 17.1 Å². The number of anilines is 1. The summed E-state index contributed by atoms with van der Waals surface area (Å²) in [5.74, 6) is -0.900. The van der Waals surface area contributed by atoms with Gasteiger partial charge in [-0.3, -0.25) is 14.2 Å². The van der Waals surface area contributed by atoms with Crippen LogP contribution in [0, 0.1) is 17.0 Å². The highest BCUT2D eigenvalue weighted by Gasteiger charge is 2.17. The van der Waals surface area contributed by atoms with Crippen molar-refractivity contribution in [2.24, 2.45) is 0 Å². The number of amides is 1. The molecule has 11 heteroatoms. The molecule has 11 nitrogen and oxygen atoms in total. The predicted molar refractivity (Wildman–Crippen MR) is 87.2 cm³/mol.